The maximum Gasteiger partial charge on any atom is 0.149 e. The molecule has 0 spiro atoms. The molecule has 2 rings (SSSR count). The SMILES string of the molecule is CNc1ncccc1NCCCNCC(C)c1ccc(C#N)cn1. The van der Waals surface area contributed by atoms with Crippen molar-refractivity contribution in [2.75, 3.05) is 37.3 Å². The number of pyridine rings is 2. The van der Waals surface area contributed by atoms with Crippen LogP contribution in [-0.4, -0.2) is 36.6 Å². The highest BCUT2D eigenvalue weighted by molar-refractivity contribution is 5.63. The Labute approximate surface area is 143 Å². The van der Waals surface area contributed by atoms with E-state index in [0.717, 1.165) is 43.3 Å². The van der Waals surface area contributed by atoms with Crippen molar-refractivity contribution < 1.29 is 0 Å². The van der Waals surface area contributed by atoms with Crippen molar-refractivity contribution in [3.8, 4) is 6.07 Å². The first-order chi connectivity index (χ1) is 11.7. The highest BCUT2D eigenvalue weighted by atomic mass is 15.0. The van der Waals surface area contributed by atoms with Crippen LogP contribution in [0.15, 0.2) is 36.7 Å². The first-order valence-corrected chi connectivity index (χ1v) is 8.18. The number of hydrogen-bond acceptors (Lipinski definition) is 6. The molecule has 0 saturated heterocycles. The monoisotopic (exact) mass is 324 g/mol. The predicted octanol–water partition coefficient (Wildman–Crippen LogP) is 2.59. The fraction of sp³-hybridized carbons (Fsp3) is 0.389. The van der Waals surface area contributed by atoms with E-state index in [-0.39, 0.29) is 0 Å². The summed E-state index contributed by atoms with van der Waals surface area (Å²) in [6.45, 7) is 4.82. The van der Waals surface area contributed by atoms with Crippen LogP contribution in [0.5, 0.6) is 0 Å². The molecule has 0 bridgehead atoms. The molecule has 6 nitrogen and oxygen atoms in total. The lowest BCUT2D eigenvalue weighted by atomic mass is 10.1. The number of aromatic nitrogens is 2. The van der Waals surface area contributed by atoms with Gasteiger partial charge in [-0.3, -0.25) is 4.98 Å². The van der Waals surface area contributed by atoms with Crippen molar-refractivity contribution in [3.63, 3.8) is 0 Å². The highest BCUT2D eigenvalue weighted by Crippen LogP contribution is 2.16. The Bertz CT molecular complexity index is 662. The van der Waals surface area contributed by atoms with Crippen LogP contribution in [-0.2, 0) is 0 Å². The first kappa shape index (κ1) is 17.7. The fourth-order valence-corrected chi connectivity index (χ4v) is 2.37. The van der Waals surface area contributed by atoms with Gasteiger partial charge in [-0.2, -0.15) is 5.26 Å². The van der Waals surface area contributed by atoms with Crippen molar-refractivity contribution in [1.29, 1.82) is 5.26 Å². The van der Waals surface area contributed by atoms with Gasteiger partial charge in [-0.25, -0.2) is 4.98 Å². The third kappa shape index (κ3) is 5.21. The minimum absolute atomic E-state index is 0.319. The summed E-state index contributed by atoms with van der Waals surface area (Å²) in [6, 6.07) is 9.77. The van der Waals surface area contributed by atoms with E-state index in [9.17, 15) is 0 Å². The second-order valence-electron chi connectivity index (χ2n) is 5.62. The second kappa shape index (κ2) is 9.48. The van der Waals surface area contributed by atoms with Gasteiger partial charge in [0.05, 0.1) is 11.3 Å². The summed E-state index contributed by atoms with van der Waals surface area (Å²) in [5, 5.41) is 18.7. The summed E-state index contributed by atoms with van der Waals surface area (Å²) in [5.74, 6) is 1.19. The first-order valence-electron chi connectivity index (χ1n) is 8.18. The average Bonchev–Trinajstić information content (AvgIpc) is 2.64. The molecule has 1 atom stereocenters. The molecule has 24 heavy (non-hydrogen) atoms. The molecule has 0 amide bonds. The second-order valence-corrected chi connectivity index (χ2v) is 5.62. The number of anilines is 2. The molecule has 2 aromatic heterocycles. The standard InChI is InChI=1S/C18H24N6/c1-14(16-7-6-15(11-19)13-24-16)12-21-8-4-10-22-17-5-3-9-23-18(17)20-2/h3,5-7,9,13-14,21-22H,4,8,10,12H2,1-2H3,(H,20,23). The molecule has 126 valence electrons. The number of nitriles is 1. The van der Waals surface area contributed by atoms with Gasteiger partial charge in [0.1, 0.15) is 11.9 Å². The quantitative estimate of drug-likeness (QED) is 0.615. The Hall–Kier alpha value is -2.65. The van der Waals surface area contributed by atoms with Gasteiger partial charge in [0.25, 0.3) is 0 Å². The smallest absolute Gasteiger partial charge is 0.149 e. The van der Waals surface area contributed by atoms with Crippen LogP contribution < -0.4 is 16.0 Å². The van der Waals surface area contributed by atoms with Gasteiger partial charge in [-0.1, -0.05) is 6.92 Å². The maximum atomic E-state index is 8.79. The van der Waals surface area contributed by atoms with Gasteiger partial charge in [-0.15, -0.1) is 0 Å². The zero-order chi connectivity index (χ0) is 17.2. The summed E-state index contributed by atoms with van der Waals surface area (Å²) in [6.07, 6.45) is 4.42. The summed E-state index contributed by atoms with van der Waals surface area (Å²) < 4.78 is 0. The topological polar surface area (TPSA) is 85.7 Å². The lowest BCUT2D eigenvalue weighted by Gasteiger charge is -2.13. The van der Waals surface area contributed by atoms with Gasteiger partial charge >= 0.3 is 0 Å². The molecule has 3 N–H and O–H groups in total. The van der Waals surface area contributed by atoms with Crippen LogP contribution in [0.3, 0.4) is 0 Å². The summed E-state index contributed by atoms with van der Waals surface area (Å²) >= 11 is 0. The van der Waals surface area contributed by atoms with E-state index in [4.69, 9.17) is 5.26 Å². The summed E-state index contributed by atoms with van der Waals surface area (Å²) in [5.41, 5.74) is 2.63. The van der Waals surface area contributed by atoms with Crippen molar-refractivity contribution in [2.24, 2.45) is 0 Å². The number of rotatable bonds is 9. The van der Waals surface area contributed by atoms with Gasteiger partial charge in [-0.05, 0) is 37.2 Å². The number of hydrogen-bond donors (Lipinski definition) is 3. The van der Waals surface area contributed by atoms with Crippen LogP contribution in [0.25, 0.3) is 0 Å². The molecule has 2 aromatic rings. The largest absolute Gasteiger partial charge is 0.382 e. The van der Waals surface area contributed by atoms with Gasteiger partial charge < -0.3 is 16.0 Å². The molecule has 0 aromatic carbocycles. The molecule has 0 radical (unpaired) electrons. The third-order valence-corrected chi connectivity index (χ3v) is 3.76. The van der Waals surface area contributed by atoms with E-state index in [1.807, 2.05) is 31.3 Å². The van der Waals surface area contributed by atoms with Crippen molar-refractivity contribution in [3.05, 3.63) is 47.9 Å². The van der Waals surface area contributed by atoms with E-state index in [0.29, 0.717) is 11.5 Å². The minimum Gasteiger partial charge on any atom is -0.382 e. The Morgan fingerprint density at radius 3 is 2.79 bits per heavy atom. The van der Waals surface area contributed by atoms with E-state index >= 15 is 0 Å². The number of nitrogens with one attached hydrogen (secondary N) is 3. The van der Waals surface area contributed by atoms with Crippen LogP contribution in [0.2, 0.25) is 0 Å². The molecular weight excluding hydrogens is 300 g/mol. The molecule has 2 heterocycles. The molecular formula is C18H24N6. The predicted molar refractivity (Wildman–Crippen MR) is 97.1 cm³/mol. The van der Waals surface area contributed by atoms with Gasteiger partial charge in [0, 0.05) is 44.1 Å². The molecule has 1 unspecified atom stereocenters. The van der Waals surface area contributed by atoms with Gasteiger partial charge in [0.15, 0.2) is 0 Å². The Morgan fingerprint density at radius 2 is 2.08 bits per heavy atom. The summed E-state index contributed by atoms with van der Waals surface area (Å²) in [4.78, 5) is 8.60. The molecule has 0 aliphatic heterocycles. The fourth-order valence-electron chi connectivity index (χ4n) is 2.37. The highest BCUT2D eigenvalue weighted by Gasteiger charge is 2.06. The lowest BCUT2D eigenvalue weighted by Crippen LogP contribution is -2.23. The van der Waals surface area contributed by atoms with Gasteiger partial charge in [0.2, 0.25) is 0 Å². The molecule has 0 aliphatic carbocycles. The Morgan fingerprint density at radius 1 is 1.21 bits per heavy atom. The van der Waals surface area contributed by atoms with E-state index in [1.165, 1.54) is 0 Å². The van der Waals surface area contributed by atoms with E-state index < -0.39 is 0 Å². The van der Waals surface area contributed by atoms with Crippen molar-refractivity contribution >= 4 is 11.5 Å². The zero-order valence-corrected chi connectivity index (χ0v) is 14.2. The molecule has 0 aliphatic rings. The Kier molecular flexibility index (Phi) is 6.99. The van der Waals surface area contributed by atoms with Crippen molar-refractivity contribution in [1.82, 2.24) is 15.3 Å². The lowest BCUT2D eigenvalue weighted by molar-refractivity contribution is 0.594. The van der Waals surface area contributed by atoms with Crippen LogP contribution in [0.1, 0.15) is 30.5 Å². The van der Waals surface area contributed by atoms with Crippen molar-refractivity contribution in [2.45, 2.75) is 19.3 Å². The average molecular weight is 324 g/mol. The normalized spacial score (nSPS) is 11.5. The Balaban J connectivity index is 1.65. The maximum absolute atomic E-state index is 8.79. The number of nitrogens with zero attached hydrogens (tertiary/aromatic N) is 3. The third-order valence-electron chi connectivity index (χ3n) is 3.76. The molecule has 0 fully saturated rings. The van der Waals surface area contributed by atoms with E-state index in [1.54, 1.807) is 12.4 Å². The van der Waals surface area contributed by atoms with Crippen LogP contribution in [0, 0.1) is 11.3 Å². The zero-order valence-electron chi connectivity index (χ0n) is 14.2. The van der Waals surface area contributed by atoms with Crippen LogP contribution in [0.4, 0.5) is 11.5 Å². The van der Waals surface area contributed by atoms with E-state index in [2.05, 4.69) is 38.9 Å². The molecule has 0 saturated carbocycles. The summed E-state index contributed by atoms with van der Waals surface area (Å²) in [7, 11) is 1.87. The van der Waals surface area contributed by atoms with Crippen LogP contribution >= 0.6 is 0 Å². The minimum atomic E-state index is 0.319. The molecule has 6 heteroatoms.